The molecule has 0 saturated carbocycles. The number of benzene rings is 2. The Morgan fingerprint density at radius 2 is 1.78 bits per heavy atom. The highest BCUT2D eigenvalue weighted by Gasteiger charge is 2.28. The number of urea groups is 1. The van der Waals surface area contributed by atoms with E-state index >= 15 is 0 Å². The van der Waals surface area contributed by atoms with Crippen LogP contribution in [-0.4, -0.2) is 41.6 Å². The molecule has 0 unspecified atom stereocenters. The lowest BCUT2D eigenvalue weighted by Gasteiger charge is -2.12. The van der Waals surface area contributed by atoms with Gasteiger partial charge in [-0.2, -0.15) is 11.8 Å². The number of hydrogen-bond donors (Lipinski definition) is 2. The first-order valence-electron chi connectivity index (χ1n) is 8.70. The van der Waals surface area contributed by atoms with Crippen molar-refractivity contribution in [3.63, 3.8) is 0 Å². The highest BCUT2D eigenvalue weighted by molar-refractivity contribution is 7.98. The summed E-state index contributed by atoms with van der Waals surface area (Å²) in [4.78, 5) is 36.5. The Morgan fingerprint density at radius 1 is 1.04 bits per heavy atom. The van der Waals surface area contributed by atoms with Crippen molar-refractivity contribution in [1.29, 1.82) is 0 Å². The van der Waals surface area contributed by atoms with Crippen LogP contribution in [0.2, 0.25) is 0 Å². The zero-order valence-corrected chi connectivity index (χ0v) is 15.6. The van der Waals surface area contributed by atoms with Gasteiger partial charge in [-0.3, -0.25) is 14.5 Å². The van der Waals surface area contributed by atoms with Crippen LogP contribution in [0.15, 0.2) is 54.6 Å². The van der Waals surface area contributed by atoms with Crippen molar-refractivity contribution in [3.8, 4) is 0 Å². The maximum atomic E-state index is 12.2. The Bertz CT molecular complexity index is 793. The van der Waals surface area contributed by atoms with Gasteiger partial charge in [0.25, 0.3) is 5.91 Å². The molecular weight excluding hydrogens is 362 g/mol. The first-order valence-corrected chi connectivity index (χ1v) is 9.86. The zero-order valence-electron chi connectivity index (χ0n) is 14.8. The van der Waals surface area contributed by atoms with Gasteiger partial charge in [0, 0.05) is 23.6 Å². The summed E-state index contributed by atoms with van der Waals surface area (Å²) in [6, 6.07) is 16.8. The molecule has 0 radical (unpaired) electrons. The fourth-order valence-electron chi connectivity index (χ4n) is 2.66. The number of nitrogens with one attached hydrogen (secondary N) is 2. The summed E-state index contributed by atoms with van der Waals surface area (Å²) >= 11 is 1.77. The van der Waals surface area contributed by atoms with Crippen LogP contribution in [0.5, 0.6) is 0 Å². The van der Waals surface area contributed by atoms with Crippen molar-refractivity contribution in [1.82, 2.24) is 15.5 Å². The van der Waals surface area contributed by atoms with Crippen LogP contribution in [0.3, 0.4) is 0 Å². The Hall–Kier alpha value is -2.80. The van der Waals surface area contributed by atoms with Crippen molar-refractivity contribution in [2.75, 3.05) is 18.8 Å². The van der Waals surface area contributed by atoms with Crippen LogP contribution in [0.25, 0.3) is 0 Å². The summed E-state index contributed by atoms with van der Waals surface area (Å²) in [6.07, 6.45) is 0. The lowest BCUT2D eigenvalue weighted by atomic mass is 10.1. The maximum absolute atomic E-state index is 12.2. The molecule has 2 aromatic carbocycles. The van der Waals surface area contributed by atoms with Crippen LogP contribution >= 0.6 is 11.8 Å². The molecule has 0 aromatic heterocycles. The van der Waals surface area contributed by atoms with Crippen molar-refractivity contribution in [2.24, 2.45) is 0 Å². The van der Waals surface area contributed by atoms with Gasteiger partial charge in [-0.25, -0.2) is 4.79 Å². The van der Waals surface area contributed by atoms with E-state index < -0.39 is 0 Å². The molecule has 1 fully saturated rings. The highest BCUT2D eigenvalue weighted by atomic mass is 32.2. The van der Waals surface area contributed by atoms with E-state index in [9.17, 15) is 14.4 Å². The third kappa shape index (κ3) is 5.34. The quantitative estimate of drug-likeness (QED) is 0.542. The minimum atomic E-state index is -0.380. The summed E-state index contributed by atoms with van der Waals surface area (Å²) in [5, 5.41) is 5.39. The van der Waals surface area contributed by atoms with E-state index in [4.69, 9.17) is 0 Å². The summed E-state index contributed by atoms with van der Waals surface area (Å²) in [5.41, 5.74) is 2.63. The van der Waals surface area contributed by atoms with E-state index in [1.807, 2.05) is 18.2 Å². The first-order chi connectivity index (χ1) is 13.1. The fourth-order valence-corrected chi connectivity index (χ4v) is 3.48. The van der Waals surface area contributed by atoms with E-state index in [1.165, 1.54) is 10.5 Å². The van der Waals surface area contributed by atoms with Crippen LogP contribution in [0.1, 0.15) is 21.5 Å². The van der Waals surface area contributed by atoms with Gasteiger partial charge in [0.05, 0.1) is 13.1 Å². The molecule has 140 valence electrons. The molecule has 27 heavy (non-hydrogen) atoms. The molecule has 1 aliphatic rings. The van der Waals surface area contributed by atoms with Crippen LogP contribution in [0, 0.1) is 0 Å². The largest absolute Gasteiger partial charge is 0.351 e. The molecule has 0 bridgehead atoms. The Kier molecular flexibility index (Phi) is 6.49. The first kappa shape index (κ1) is 19.0. The molecule has 0 spiro atoms. The summed E-state index contributed by atoms with van der Waals surface area (Å²) in [5.74, 6) is 1.39. The molecule has 0 aliphatic carbocycles. The molecule has 3 rings (SSSR count). The lowest BCUT2D eigenvalue weighted by Crippen LogP contribution is -2.30. The van der Waals surface area contributed by atoms with Crippen LogP contribution in [0.4, 0.5) is 4.79 Å². The lowest BCUT2D eigenvalue weighted by molar-refractivity contribution is -0.125. The monoisotopic (exact) mass is 383 g/mol. The van der Waals surface area contributed by atoms with Gasteiger partial charge in [-0.15, -0.1) is 0 Å². The van der Waals surface area contributed by atoms with E-state index in [0.29, 0.717) is 12.1 Å². The second-order valence-electron chi connectivity index (χ2n) is 6.13. The Balaban J connectivity index is 1.41. The van der Waals surface area contributed by atoms with Gasteiger partial charge in [0.1, 0.15) is 0 Å². The molecule has 1 aliphatic heterocycles. The van der Waals surface area contributed by atoms with Crippen molar-refractivity contribution >= 4 is 29.6 Å². The molecule has 1 saturated heterocycles. The molecule has 0 atom stereocenters. The average molecular weight is 383 g/mol. The Labute approximate surface area is 162 Å². The molecule has 1 heterocycles. The van der Waals surface area contributed by atoms with E-state index in [1.54, 1.807) is 36.0 Å². The predicted molar refractivity (Wildman–Crippen MR) is 105 cm³/mol. The van der Waals surface area contributed by atoms with Crippen molar-refractivity contribution in [2.45, 2.75) is 12.3 Å². The molecule has 2 N–H and O–H groups in total. The normalized spacial score (nSPS) is 13.6. The average Bonchev–Trinajstić information content (AvgIpc) is 3.01. The number of rotatable bonds is 8. The van der Waals surface area contributed by atoms with E-state index in [2.05, 4.69) is 22.8 Å². The van der Waals surface area contributed by atoms with Gasteiger partial charge in [0.2, 0.25) is 5.91 Å². The highest BCUT2D eigenvalue weighted by Crippen LogP contribution is 2.12. The minimum Gasteiger partial charge on any atom is -0.351 e. The van der Waals surface area contributed by atoms with E-state index in [0.717, 1.165) is 17.1 Å². The number of hydrogen-bond acceptors (Lipinski definition) is 4. The van der Waals surface area contributed by atoms with Crippen LogP contribution in [-0.2, 0) is 17.1 Å². The van der Waals surface area contributed by atoms with Crippen LogP contribution < -0.4 is 10.6 Å². The molecule has 4 amide bonds. The molecule has 7 heteroatoms. The molecule has 2 aromatic rings. The van der Waals surface area contributed by atoms with Crippen molar-refractivity contribution in [3.05, 3.63) is 71.3 Å². The van der Waals surface area contributed by atoms with Crippen molar-refractivity contribution < 1.29 is 14.4 Å². The number of imide groups is 1. The van der Waals surface area contributed by atoms with Gasteiger partial charge in [-0.05, 0) is 23.3 Å². The van der Waals surface area contributed by atoms with Gasteiger partial charge < -0.3 is 10.6 Å². The topological polar surface area (TPSA) is 78.5 Å². The molecular formula is C20H21N3O3S. The van der Waals surface area contributed by atoms with Gasteiger partial charge in [-0.1, -0.05) is 42.5 Å². The van der Waals surface area contributed by atoms with E-state index in [-0.39, 0.29) is 30.9 Å². The van der Waals surface area contributed by atoms with Gasteiger partial charge >= 0.3 is 6.03 Å². The number of nitrogens with zero attached hydrogens (tertiary/aromatic N) is 1. The Morgan fingerprint density at radius 3 is 2.44 bits per heavy atom. The SMILES string of the molecule is O=C(NCCSCc1ccccc1)c1ccc(CN2C(=O)CNC2=O)cc1. The number of thioether (sulfide) groups is 1. The smallest absolute Gasteiger partial charge is 0.324 e. The fraction of sp³-hybridized carbons (Fsp3) is 0.250. The third-order valence-corrected chi connectivity index (χ3v) is 5.17. The van der Waals surface area contributed by atoms with Gasteiger partial charge in [0.15, 0.2) is 0 Å². The third-order valence-electron chi connectivity index (χ3n) is 4.14. The number of amides is 4. The minimum absolute atomic E-state index is 0.0433. The maximum Gasteiger partial charge on any atom is 0.324 e. The summed E-state index contributed by atoms with van der Waals surface area (Å²) in [6.45, 7) is 0.852. The standard InChI is InChI=1S/C20H21N3O3S/c24-18-12-22-20(26)23(18)13-15-6-8-17(9-7-15)19(25)21-10-11-27-14-16-4-2-1-3-5-16/h1-9H,10-14H2,(H,21,25)(H,22,26). The molecule has 6 nitrogen and oxygen atoms in total. The number of carbonyl (C=O) groups excluding carboxylic acids is 3. The number of carbonyl (C=O) groups is 3. The zero-order chi connectivity index (χ0) is 19.1. The second kappa shape index (κ2) is 9.23. The summed E-state index contributed by atoms with van der Waals surface area (Å²) < 4.78 is 0. The second-order valence-corrected chi connectivity index (χ2v) is 7.23. The predicted octanol–water partition coefficient (Wildman–Crippen LogP) is 2.40. The summed E-state index contributed by atoms with van der Waals surface area (Å²) in [7, 11) is 0.